The monoisotopic (exact) mass is 390 g/mol. The molecule has 4 N–H and O–H groups in total. The number of rotatable bonds is 2. The van der Waals surface area contributed by atoms with E-state index in [1.165, 1.54) is 6.42 Å². The maximum Gasteiger partial charge on any atom is 0.190 e. The van der Waals surface area contributed by atoms with Gasteiger partial charge in [-0.05, 0) is 12.8 Å². The predicted octanol–water partition coefficient (Wildman–Crippen LogP) is 1.55. The number of thioether (sulfide) groups is 1. The lowest BCUT2D eigenvalue weighted by Crippen LogP contribution is -2.43. The molecule has 2 saturated heterocycles. The van der Waals surface area contributed by atoms with Gasteiger partial charge in [-0.1, -0.05) is 18.2 Å². The topological polar surface area (TPSA) is 137 Å². The van der Waals surface area contributed by atoms with Gasteiger partial charge in [0.1, 0.15) is 18.3 Å². The molecule has 4 aliphatic rings. The van der Waals surface area contributed by atoms with Crippen molar-refractivity contribution in [3.8, 4) is 12.1 Å². The molecule has 8 nitrogen and oxygen atoms in total. The van der Waals surface area contributed by atoms with E-state index in [4.69, 9.17) is 30.4 Å². The minimum atomic E-state index is -0.702. The van der Waals surface area contributed by atoms with E-state index < -0.39 is 36.3 Å². The molecule has 0 aromatic heterocycles. The Kier molecular flexibility index (Phi) is 4.83. The van der Waals surface area contributed by atoms with E-state index in [1.54, 1.807) is 7.11 Å². The zero-order chi connectivity index (χ0) is 19.2. The molecule has 0 unspecified atom stereocenters. The fourth-order valence-corrected chi connectivity index (χ4v) is 5.28. The fraction of sp³-hybridized carbons (Fsp3) is 0.667. The number of ether oxygens (including phenoxy) is 4. The molecular formula is C18H22N4O4S. The molecule has 4 rings (SSSR count). The van der Waals surface area contributed by atoms with Crippen LogP contribution < -0.4 is 11.5 Å². The van der Waals surface area contributed by atoms with Crippen LogP contribution in [0.15, 0.2) is 21.2 Å². The maximum atomic E-state index is 9.62. The highest BCUT2D eigenvalue weighted by Gasteiger charge is 2.60. The maximum absolute atomic E-state index is 9.62. The van der Waals surface area contributed by atoms with Gasteiger partial charge in [0, 0.05) is 20.0 Å². The van der Waals surface area contributed by atoms with Crippen molar-refractivity contribution >= 4 is 11.8 Å². The summed E-state index contributed by atoms with van der Waals surface area (Å²) < 4.78 is 24.3. The quantitative estimate of drug-likeness (QED) is 0.719. The summed E-state index contributed by atoms with van der Waals surface area (Å²) in [4.78, 5) is 0. The molecule has 1 spiro atoms. The molecule has 4 atom stereocenters. The number of hydrogen-bond acceptors (Lipinski definition) is 9. The first-order chi connectivity index (χ1) is 13.0. The summed E-state index contributed by atoms with van der Waals surface area (Å²) in [6, 6.07) is 4.22. The lowest BCUT2D eigenvalue weighted by molar-refractivity contribution is -0.249. The second-order valence-electron chi connectivity index (χ2n) is 7.20. The van der Waals surface area contributed by atoms with Crippen LogP contribution in [-0.2, 0) is 18.9 Å². The van der Waals surface area contributed by atoms with E-state index in [1.807, 2.05) is 0 Å². The van der Waals surface area contributed by atoms with Gasteiger partial charge in [0.2, 0.25) is 0 Å². The highest BCUT2D eigenvalue weighted by Crippen LogP contribution is 2.49. The Hall–Kier alpha value is -1.75. The minimum Gasteiger partial charge on any atom is -0.392 e. The summed E-state index contributed by atoms with van der Waals surface area (Å²) in [6.45, 7) is 0. The van der Waals surface area contributed by atoms with Gasteiger partial charge < -0.3 is 30.4 Å². The first-order valence-corrected chi connectivity index (χ1v) is 9.86. The second-order valence-corrected chi connectivity index (χ2v) is 8.28. The molecule has 27 heavy (non-hydrogen) atoms. The molecule has 3 aliphatic heterocycles. The normalized spacial score (nSPS) is 36.0. The van der Waals surface area contributed by atoms with E-state index in [2.05, 4.69) is 12.1 Å². The van der Waals surface area contributed by atoms with Crippen molar-refractivity contribution in [3.05, 3.63) is 21.2 Å². The lowest BCUT2D eigenvalue weighted by Gasteiger charge is -2.36. The van der Waals surface area contributed by atoms with Crippen LogP contribution >= 0.6 is 11.8 Å². The van der Waals surface area contributed by atoms with Crippen LogP contribution in [0.4, 0.5) is 0 Å². The molecule has 1 saturated carbocycles. The second kappa shape index (κ2) is 7.01. The number of nitrogens with zero attached hydrogens (tertiary/aromatic N) is 2. The third-order valence-corrected chi connectivity index (χ3v) is 6.60. The highest BCUT2D eigenvalue weighted by atomic mass is 32.2. The smallest absolute Gasteiger partial charge is 0.190 e. The van der Waals surface area contributed by atoms with Crippen LogP contribution in [0.25, 0.3) is 0 Å². The molecule has 0 aromatic rings. The van der Waals surface area contributed by atoms with E-state index in [-0.39, 0.29) is 21.2 Å². The van der Waals surface area contributed by atoms with Gasteiger partial charge >= 0.3 is 0 Å². The van der Waals surface area contributed by atoms with Crippen LogP contribution in [0.2, 0.25) is 0 Å². The zero-order valence-electron chi connectivity index (χ0n) is 15.0. The first kappa shape index (κ1) is 18.6. The number of methoxy groups -OCH3 is 1. The Balaban J connectivity index is 1.64. The molecule has 1 aliphatic carbocycles. The first-order valence-electron chi connectivity index (χ1n) is 9.05. The molecule has 0 aromatic carbocycles. The number of nitrogens with two attached hydrogens (primary N) is 2. The number of fused-ring (bicyclic) bond motifs is 1. The fourth-order valence-electron chi connectivity index (χ4n) is 4.48. The van der Waals surface area contributed by atoms with E-state index in [9.17, 15) is 10.5 Å². The van der Waals surface area contributed by atoms with E-state index >= 15 is 0 Å². The van der Waals surface area contributed by atoms with Gasteiger partial charge in [0.05, 0.1) is 39.3 Å². The SMILES string of the molecule is CO[C@@H]1[C@H]2OC3(CCCCC3)O[C@@H]2O[C@H]1C1C(C#N)=C(N)SC(N)=C1C#N. The van der Waals surface area contributed by atoms with Gasteiger partial charge in [-0.3, -0.25) is 0 Å². The molecule has 9 heteroatoms. The summed E-state index contributed by atoms with van der Waals surface area (Å²) in [5, 5.41) is 19.8. The van der Waals surface area contributed by atoms with Gasteiger partial charge in [0.15, 0.2) is 12.1 Å². The Bertz CT molecular complexity index is 741. The molecule has 144 valence electrons. The number of hydrogen-bond donors (Lipinski definition) is 2. The molecule has 0 amide bonds. The summed E-state index contributed by atoms with van der Waals surface area (Å²) in [7, 11) is 1.56. The van der Waals surface area contributed by atoms with Crippen LogP contribution in [-0.4, -0.2) is 37.5 Å². The van der Waals surface area contributed by atoms with Crippen molar-refractivity contribution < 1.29 is 18.9 Å². The van der Waals surface area contributed by atoms with Crippen LogP contribution in [0.5, 0.6) is 0 Å². The Morgan fingerprint density at radius 3 is 2.22 bits per heavy atom. The Morgan fingerprint density at radius 1 is 1.04 bits per heavy atom. The summed E-state index contributed by atoms with van der Waals surface area (Å²) >= 11 is 1.03. The standard InChI is InChI=1S/C18H22N4O4S/c1-23-13-12(11-9(7-19)15(21)27-16(22)10(11)8-20)24-17-14(13)25-18(26-17)5-3-2-4-6-18/h11-14,17H,2-6,21-22H2,1H3/t12-,13-,14+,17-/m0/s1. The van der Waals surface area contributed by atoms with Crippen molar-refractivity contribution in [1.82, 2.24) is 0 Å². The van der Waals surface area contributed by atoms with Crippen molar-refractivity contribution in [2.75, 3.05) is 7.11 Å². The van der Waals surface area contributed by atoms with Gasteiger partial charge in [-0.15, -0.1) is 0 Å². The third kappa shape index (κ3) is 2.91. The molecular weight excluding hydrogens is 368 g/mol. The average Bonchev–Trinajstić information content (AvgIpc) is 3.15. The Morgan fingerprint density at radius 2 is 1.67 bits per heavy atom. The summed E-state index contributed by atoms with van der Waals surface area (Å²) in [5.41, 5.74) is 12.6. The predicted molar refractivity (Wildman–Crippen MR) is 96.0 cm³/mol. The Labute approximate surface area is 162 Å². The largest absolute Gasteiger partial charge is 0.392 e. The van der Waals surface area contributed by atoms with Crippen LogP contribution in [0.3, 0.4) is 0 Å². The van der Waals surface area contributed by atoms with Crippen molar-refractivity contribution in [3.63, 3.8) is 0 Å². The third-order valence-electron chi connectivity index (χ3n) is 5.72. The van der Waals surface area contributed by atoms with Crippen molar-refractivity contribution in [1.29, 1.82) is 10.5 Å². The van der Waals surface area contributed by atoms with Gasteiger partial charge in [-0.2, -0.15) is 10.5 Å². The molecule has 3 heterocycles. The summed E-state index contributed by atoms with van der Waals surface area (Å²) in [6.07, 6.45) is 2.77. The van der Waals surface area contributed by atoms with E-state index in [0.29, 0.717) is 0 Å². The van der Waals surface area contributed by atoms with Crippen molar-refractivity contribution in [2.24, 2.45) is 17.4 Å². The number of nitriles is 2. The lowest BCUT2D eigenvalue weighted by atomic mass is 9.84. The average molecular weight is 390 g/mol. The zero-order valence-corrected chi connectivity index (χ0v) is 15.8. The molecule has 0 bridgehead atoms. The van der Waals surface area contributed by atoms with Crippen molar-refractivity contribution in [2.45, 2.75) is 62.5 Å². The summed E-state index contributed by atoms with van der Waals surface area (Å²) in [5.74, 6) is -1.32. The van der Waals surface area contributed by atoms with Gasteiger partial charge in [0.25, 0.3) is 0 Å². The highest BCUT2D eigenvalue weighted by molar-refractivity contribution is 8.06. The van der Waals surface area contributed by atoms with Gasteiger partial charge in [-0.25, -0.2) is 0 Å². The van der Waals surface area contributed by atoms with Crippen LogP contribution in [0.1, 0.15) is 32.1 Å². The van der Waals surface area contributed by atoms with E-state index in [0.717, 1.165) is 37.4 Å². The minimum absolute atomic E-state index is 0.269. The molecule has 0 radical (unpaired) electrons. The van der Waals surface area contributed by atoms with Crippen LogP contribution in [0, 0.1) is 28.6 Å². The molecule has 3 fully saturated rings.